The van der Waals surface area contributed by atoms with Gasteiger partial charge in [0.1, 0.15) is 5.82 Å². The van der Waals surface area contributed by atoms with Crippen LogP contribution >= 0.6 is 0 Å². The molecule has 3 aromatic rings. The third kappa shape index (κ3) is 4.40. The van der Waals surface area contributed by atoms with E-state index in [-0.39, 0.29) is 17.5 Å². The highest BCUT2D eigenvalue weighted by Crippen LogP contribution is 2.12. The van der Waals surface area contributed by atoms with Gasteiger partial charge in [-0.3, -0.25) is 14.6 Å². The first kappa shape index (κ1) is 18.6. The average molecular weight is 392 g/mol. The molecule has 4 heterocycles. The van der Waals surface area contributed by atoms with Crippen LogP contribution in [0.2, 0.25) is 0 Å². The van der Waals surface area contributed by atoms with Crippen molar-refractivity contribution in [2.75, 3.05) is 31.5 Å². The second kappa shape index (κ2) is 8.51. The van der Waals surface area contributed by atoms with Gasteiger partial charge < -0.3 is 19.5 Å². The molecule has 1 N–H and O–H groups in total. The second-order valence-corrected chi connectivity index (χ2v) is 6.54. The average Bonchev–Trinajstić information content (AvgIpc) is 3.33. The van der Waals surface area contributed by atoms with Crippen molar-refractivity contribution in [3.63, 3.8) is 0 Å². The summed E-state index contributed by atoms with van der Waals surface area (Å²) >= 11 is 0. The van der Waals surface area contributed by atoms with Crippen molar-refractivity contribution in [3.05, 3.63) is 72.1 Å². The molecule has 0 unspecified atom stereocenters. The predicted molar refractivity (Wildman–Crippen MR) is 104 cm³/mol. The summed E-state index contributed by atoms with van der Waals surface area (Å²) in [6.07, 6.45) is 3.20. The second-order valence-electron chi connectivity index (χ2n) is 6.54. The lowest BCUT2D eigenvalue weighted by Gasteiger charge is -2.34. The standard InChI is InChI=1S/C20H20N6O3/c27-19(25-9-11-26(12-10-25)20(28)17-5-3-13-29-17)16-6-7-18(24-23-16)22-14-15-4-1-2-8-21-15/h1-8,13H,9-12,14H2,(H,22,24). The molecule has 0 aliphatic carbocycles. The molecular formula is C20H20N6O3. The van der Waals surface area contributed by atoms with E-state index in [9.17, 15) is 9.59 Å². The highest BCUT2D eigenvalue weighted by molar-refractivity contribution is 5.93. The van der Waals surface area contributed by atoms with Gasteiger partial charge in [-0.15, -0.1) is 10.2 Å². The Hall–Kier alpha value is -3.75. The molecule has 0 bridgehead atoms. The summed E-state index contributed by atoms with van der Waals surface area (Å²) in [6.45, 7) is 2.29. The van der Waals surface area contributed by atoms with E-state index in [1.54, 1.807) is 40.3 Å². The summed E-state index contributed by atoms with van der Waals surface area (Å²) in [4.78, 5) is 32.6. The van der Waals surface area contributed by atoms with Gasteiger partial charge in [-0.1, -0.05) is 6.07 Å². The predicted octanol–water partition coefficient (Wildman–Crippen LogP) is 1.67. The van der Waals surface area contributed by atoms with Crippen molar-refractivity contribution >= 4 is 17.6 Å². The molecule has 3 aromatic heterocycles. The Labute approximate surface area is 167 Å². The van der Waals surface area contributed by atoms with Gasteiger partial charge in [-0.05, 0) is 36.4 Å². The largest absolute Gasteiger partial charge is 0.459 e. The summed E-state index contributed by atoms with van der Waals surface area (Å²) in [5.74, 6) is 0.523. The Bertz CT molecular complexity index is 952. The summed E-state index contributed by atoms with van der Waals surface area (Å²) in [5.41, 5.74) is 1.16. The molecule has 0 saturated carbocycles. The number of rotatable bonds is 5. The molecule has 0 atom stereocenters. The smallest absolute Gasteiger partial charge is 0.289 e. The summed E-state index contributed by atoms with van der Waals surface area (Å²) in [6, 6.07) is 12.4. The number of carbonyl (C=O) groups excluding carboxylic acids is 2. The maximum absolute atomic E-state index is 12.7. The number of nitrogens with zero attached hydrogens (tertiary/aromatic N) is 5. The summed E-state index contributed by atoms with van der Waals surface area (Å²) in [7, 11) is 0. The lowest BCUT2D eigenvalue weighted by molar-refractivity contribution is 0.0514. The fourth-order valence-corrected chi connectivity index (χ4v) is 3.06. The van der Waals surface area contributed by atoms with Crippen LogP contribution in [0, 0.1) is 0 Å². The van der Waals surface area contributed by atoms with Gasteiger partial charge in [0.05, 0.1) is 18.5 Å². The maximum atomic E-state index is 12.7. The summed E-state index contributed by atoms with van der Waals surface area (Å²) in [5, 5.41) is 11.2. The van der Waals surface area contributed by atoms with Crippen LogP contribution in [-0.2, 0) is 6.54 Å². The van der Waals surface area contributed by atoms with Crippen LogP contribution in [0.4, 0.5) is 5.82 Å². The number of hydrogen-bond acceptors (Lipinski definition) is 7. The van der Waals surface area contributed by atoms with Crippen molar-refractivity contribution in [2.24, 2.45) is 0 Å². The molecule has 0 spiro atoms. The molecule has 0 aromatic carbocycles. The van der Waals surface area contributed by atoms with Crippen molar-refractivity contribution in [3.8, 4) is 0 Å². The van der Waals surface area contributed by atoms with Crippen LogP contribution in [0.5, 0.6) is 0 Å². The number of aromatic nitrogens is 3. The van der Waals surface area contributed by atoms with Gasteiger partial charge in [-0.25, -0.2) is 0 Å². The van der Waals surface area contributed by atoms with Crippen LogP contribution in [0.3, 0.4) is 0 Å². The monoisotopic (exact) mass is 392 g/mol. The Morgan fingerprint density at radius 1 is 0.931 bits per heavy atom. The zero-order chi connectivity index (χ0) is 20.1. The molecule has 1 fully saturated rings. The molecule has 4 rings (SSSR count). The maximum Gasteiger partial charge on any atom is 0.289 e. The Kier molecular flexibility index (Phi) is 5.46. The first-order valence-electron chi connectivity index (χ1n) is 9.30. The third-order valence-electron chi connectivity index (χ3n) is 4.65. The van der Waals surface area contributed by atoms with Crippen molar-refractivity contribution in [2.45, 2.75) is 6.54 Å². The van der Waals surface area contributed by atoms with E-state index in [0.717, 1.165) is 5.69 Å². The van der Waals surface area contributed by atoms with Crippen LogP contribution < -0.4 is 5.32 Å². The minimum absolute atomic E-state index is 0.162. The number of pyridine rings is 1. The quantitative estimate of drug-likeness (QED) is 0.704. The number of furan rings is 1. The van der Waals surface area contributed by atoms with Crippen molar-refractivity contribution in [1.29, 1.82) is 0 Å². The first-order chi connectivity index (χ1) is 14.2. The van der Waals surface area contributed by atoms with Gasteiger partial charge in [0, 0.05) is 32.4 Å². The van der Waals surface area contributed by atoms with Crippen molar-refractivity contribution in [1.82, 2.24) is 25.0 Å². The van der Waals surface area contributed by atoms with Crippen LogP contribution in [0.25, 0.3) is 0 Å². The fraction of sp³-hybridized carbons (Fsp3) is 0.250. The van der Waals surface area contributed by atoms with E-state index in [1.807, 2.05) is 18.2 Å². The van der Waals surface area contributed by atoms with Gasteiger partial charge in [0.2, 0.25) is 0 Å². The van der Waals surface area contributed by atoms with Gasteiger partial charge >= 0.3 is 0 Å². The van der Waals surface area contributed by atoms with E-state index < -0.39 is 0 Å². The Morgan fingerprint density at radius 2 is 1.72 bits per heavy atom. The number of hydrogen-bond donors (Lipinski definition) is 1. The first-order valence-corrected chi connectivity index (χ1v) is 9.30. The SMILES string of the molecule is O=C(c1ccc(NCc2ccccn2)nn1)N1CCN(C(=O)c2ccco2)CC1. The number of nitrogens with one attached hydrogen (secondary N) is 1. The highest BCUT2D eigenvalue weighted by atomic mass is 16.3. The number of amides is 2. The number of piperazine rings is 1. The molecule has 2 amide bonds. The molecule has 9 heteroatoms. The molecule has 148 valence electrons. The topological polar surface area (TPSA) is 104 Å². The van der Waals surface area contributed by atoms with E-state index in [2.05, 4.69) is 20.5 Å². The van der Waals surface area contributed by atoms with Crippen molar-refractivity contribution < 1.29 is 14.0 Å². The number of carbonyl (C=O) groups is 2. The van der Waals surface area contributed by atoms with Crippen LogP contribution in [0.1, 0.15) is 26.7 Å². The van der Waals surface area contributed by atoms with E-state index in [0.29, 0.717) is 44.3 Å². The zero-order valence-electron chi connectivity index (χ0n) is 15.7. The van der Waals surface area contributed by atoms with Gasteiger partial charge in [-0.2, -0.15) is 0 Å². The van der Waals surface area contributed by atoms with Gasteiger partial charge in [0.25, 0.3) is 11.8 Å². The third-order valence-corrected chi connectivity index (χ3v) is 4.65. The molecule has 29 heavy (non-hydrogen) atoms. The van der Waals surface area contributed by atoms with E-state index in [4.69, 9.17) is 4.42 Å². The minimum atomic E-state index is -0.195. The molecule has 1 aliphatic heterocycles. The Morgan fingerprint density at radius 3 is 2.34 bits per heavy atom. The molecule has 1 saturated heterocycles. The van der Waals surface area contributed by atoms with E-state index in [1.165, 1.54) is 6.26 Å². The van der Waals surface area contributed by atoms with E-state index >= 15 is 0 Å². The number of anilines is 1. The lowest BCUT2D eigenvalue weighted by Crippen LogP contribution is -2.50. The molecule has 0 radical (unpaired) electrons. The minimum Gasteiger partial charge on any atom is -0.459 e. The summed E-state index contributed by atoms with van der Waals surface area (Å²) < 4.78 is 5.15. The van der Waals surface area contributed by atoms with Crippen LogP contribution in [0.15, 0.2) is 59.3 Å². The molecule has 9 nitrogen and oxygen atoms in total. The normalized spacial score (nSPS) is 13.9. The van der Waals surface area contributed by atoms with Gasteiger partial charge in [0.15, 0.2) is 11.5 Å². The zero-order valence-corrected chi connectivity index (χ0v) is 15.7. The molecule has 1 aliphatic rings. The lowest BCUT2D eigenvalue weighted by atomic mass is 10.2. The van der Waals surface area contributed by atoms with Crippen LogP contribution in [-0.4, -0.2) is 63.0 Å². The Balaban J connectivity index is 1.30. The fourth-order valence-electron chi connectivity index (χ4n) is 3.06. The highest BCUT2D eigenvalue weighted by Gasteiger charge is 2.27. The molecular weight excluding hydrogens is 372 g/mol.